The Hall–Kier alpha value is -1.06. The number of hydrogen-bond acceptors (Lipinski definition) is 3. The molecule has 1 atom stereocenters. The molecular weight excluding hydrogens is 248 g/mol. The third-order valence-electron chi connectivity index (χ3n) is 4.34. The van der Waals surface area contributed by atoms with Gasteiger partial charge in [0.1, 0.15) is 5.75 Å². The normalized spacial score (nSPS) is 19.5. The summed E-state index contributed by atoms with van der Waals surface area (Å²) in [6, 6.07) is 5.18. The Morgan fingerprint density at radius 1 is 1.30 bits per heavy atom. The molecule has 0 aromatic heterocycles. The molecule has 112 valence electrons. The summed E-state index contributed by atoms with van der Waals surface area (Å²) in [4.78, 5) is 2.58. The fraction of sp³-hybridized carbons (Fsp3) is 0.647. The SMILES string of the molecule is CCN1CCCC1CNCc1cc(C)c(OC)c(C)c1. The van der Waals surface area contributed by atoms with Crippen LogP contribution in [0.3, 0.4) is 0 Å². The molecule has 1 unspecified atom stereocenters. The minimum Gasteiger partial charge on any atom is -0.496 e. The second kappa shape index (κ2) is 7.09. The highest BCUT2D eigenvalue weighted by atomic mass is 16.5. The Balaban J connectivity index is 1.88. The lowest BCUT2D eigenvalue weighted by atomic mass is 10.1. The van der Waals surface area contributed by atoms with E-state index >= 15 is 0 Å². The van der Waals surface area contributed by atoms with Crippen molar-refractivity contribution in [2.24, 2.45) is 0 Å². The summed E-state index contributed by atoms with van der Waals surface area (Å²) in [5, 5.41) is 3.62. The van der Waals surface area contributed by atoms with Crippen LogP contribution in [-0.4, -0.2) is 37.7 Å². The van der Waals surface area contributed by atoms with Gasteiger partial charge in [0.25, 0.3) is 0 Å². The van der Waals surface area contributed by atoms with Crippen LogP contribution in [0.1, 0.15) is 36.5 Å². The molecule has 3 nitrogen and oxygen atoms in total. The van der Waals surface area contributed by atoms with Gasteiger partial charge in [0.05, 0.1) is 7.11 Å². The van der Waals surface area contributed by atoms with E-state index < -0.39 is 0 Å². The maximum absolute atomic E-state index is 5.42. The van der Waals surface area contributed by atoms with Gasteiger partial charge in [0, 0.05) is 19.1 Å². The fourth-order valence-electron chi connectivity index (χ4n) is 3.39. The van der Waals surface area contributed by atoms with Crippen molar-refractivity contribution >= 4 is 0 Å². The molecule has 1 saturated heterocycles. The smallest absolute Gasteiger partial charge is 0.124 e. The molecule has 0 aliphatic carbocycles. The van der Waals surface area contributed by atoms with Crippen LogP contribution >= 0.6 is 0 Å². The van der Waals surface area contributed by atoms with E-state index in [0.717, 1.165) is 24.9 Å². The Kier molecular flexibility index (Phi) is 5.44. The Morgan fingerprint density at radius 3 is 2.60 bits per heavy atom. The molecule has 1 aromatic rings. The zero-order valence-corrected chi connectivity index (χ0v) is 13.3. The first-order chi connectivity index (χ1) is 9.65. The predicted octanol–water partition coefficient (Wildman–Crippen LogP) is 2.89. The van der Waals surface area contributed by atoms with Crippen LogP contribution in [0.15, 0.2) is 12.1 Å². The average molecular weight is 276 g/mol. The van der Waals surface area contributed by atoms with E-state index in [9.17, 15) is 0 Å². The second-order valence-corrected chi connectivity index (χ2v) is 5.82. The van der Waals surface area contributed by atoms with Crippen LogP contribution in [0.25, 0.3) is 0 Å². The molecule has 1 aliphatic heterocycles. The predicted molar refractivity (Wildman–Crippen MR) is 84.4 cm³/mol. The lowest BCUT2D eigenvalue weighted by Crippen LogP contribution is -2.37. The largest absolute Gasteiger partial charge is 0.496 e. The van der Waals surface area contributed by atoms with Gasteiger partial charge in [-0.1, -0.05) is 19.1 Å². The second-order valence-electron chi connectivity index (χ2n) is 5.82. The van der Waals surface area contributed by atoms with E-state index in [1.165, 1.54) is 42.6 Å². The maximum atomic E-state index is 5.42. The molecule has 1 aromatic carbocycles. The van der Waals surface area contributed by atoms with Crippen molar-refractivity contribution in [3.8, 4) is 5.75 Å². The van der Waals surface area contributed by atoms with E-state index in [0.29, 0.717) is 0 Å². The third-order valence-corrected chi connectivity index (χ3v) is 4.34. The Morgan fingerprint density at radius 2 is 2.00 bits per heavy atom. The number of hydrogen-bond donors (Lipinski definition) is 1. The van der Waals surface area contributed by atoms with Gasteiger partial charge in [-0.15, -0.1) is 0 Å². The zero-order chi connectivity index (χ0) is 14.5. The zero-order valence-electron chi connectivity index (χ0n) is 13.3. The van der Waals surface area contributed by atoms with Crippen LogP contribution in [0, 0.1) is 13.8 Å². The number of nitrogens with zero attached hydrogens (tertiary/aromatic N) is 1. The van der Waals surface area contributed by atoms with Crippen molar-refractivity contribution in [1.29, 1.82) is 0 Å². The number of aryl methyl sites for hydroxylation is 2. The minimum atomic E-state index is 0.723. The van der Waals surface area contributed by atoms with Gasteiger partial charge in [-0.3, -0.25) is 4.90 Å². The number of likely N-dealkylation sites (N-methyl/N-ethyl adjacent to an activating group) is 1. The molecular formula is C17H28N2O. The number of rotatable bonds is 6. The number of methoxy groups -OCH3 is 1. The lowest BCUT2D eigenvalue weighted by Gasteiger charge is -2.23. The molecule has 0 amide bonds. The topological polar surface area (TPSA) is 24.5 Å². The maximum Gasteiger partial charge on any atom is 0.124 e. The van der Waals surface area contributed by atoms with Crippen LogP contribution in [-0.2, 0) is 6.54 Å². The average Bonchev–Trinajstić information content (AvgIpc) is 2.86. The highest BCUT2D eigenvalue weighted by Crippen LogP contribution is 2.24. The molecule has 20 heavy (non-hydrogen) atoms. The summed E-state index contributed by atoms with van der Waals surface area (Å²) >= 11 is 0. The molecule has 3 heteroatoms. The van der Waals surface area contributed by atoms with Gasteiger partial charge in [-0.25, -0.2) is 0 Å². The van der Waals surface area contributed by atoms with Crippen molar-refractivity contribution in [3.05, 3.63) is 28.8 Å². The number of nitrogens with one attached hydrogen (secondary N) is 1. The molecule has 1 fully saturated rings. The molecule has 0 bridgehead atoms. The van der Waals surface area contributed by atoms with E-state index in [-0.39, 0.29) is 0 Å². The van der Waals surface area contributed by atoms with Gasteiger partial charge in [0.2, 0.25) is 0 Å². The van der Waals surface area contributed by atoms with Crippen LogP contribution in [0.5, 0.6) is 5.75 Å². The molecule has 1 N–H and O–H groups in total. The van der Waals surface area contributed by atoms with Crippen LogP contribution < -0.4 is 10.1 Å². The van der Waals surface area contributed by atoms with Gasteiger partial charge in [-0.05, 0) is 56.5 Å². The van der Waals surface area contributed by atoms with E-state index in [2.05, 4.69) is 43.1 Å². The highest BCUT2D eigenvalue weighted by molar-refractivity contribution is 5.43. The Labute approximate surface area is 123 Å². The summed E-state index contributed by atoms with van der Waals surface area (Å²) in [6.45, 7) is 11.0. The fourth-order valence-corrected chi connectivity index (χ4v) is 3.39. The molecule has 0 spiro atoms. The molecule has 2 rings (SSSR count). The summed E-state index contributed by atoms with van der Waals surface area (Å²) in [7, 11) is 1.74. The van der Waals surface area contributed by atoms with Crippen molar-refractivity contribution in [3.63, 3.8) is 0 Å². The summed E-state index contributed by atoms with van der Waals surface area (Å²) < 4.78 is 5.42. The van der Waals surface area contributed by atoms with E-state index in [1.54, 1.807) is 7.11 Å². The highest BCUT2D eigenvalue weighted by Gasteiger charge is 2.22. The first-order valence-corrected chi connectivity index (χ1v) is 7.74. The van der Waals surface area contributed by atoms with Gasteiger partial charge in [0.15, 0.2) is 0 Å². The Bertz CT molecular complexity index is 422. The van der Waals surface area contributed by atoms with Gasteiger partial charge >= 0.3 is 0 Å². The summed E-state index contributed by atoms with van der Waals surface area (Å²) in [5.41, 5.74) is 3.79. The lowest BCUT2D eigenvalue weighted by molar-refractivity contribution is 0.260. The van der Waals surface area contributed by atoms with Crippen molar-refractivity contribution in [2.45, 2.75) is 46.2 Å². The van der Waals surface area contributed by atoms with Crippen molar-refractivity contribution < 1.29 is 4.74 Å². The van der Waals surface area contributed by atoms with Crippen LogP contribution in [0.2, 0.25) is 0 Å². The van der Waals surface area contributed by atoms with Crippen molar-refractivity contribution in [2.75, 3.05) is 26.7 Å². The quantitative estimate of drug-likeness (QED) is 0.864. The summed E-state index contributed by atoms with van der Waals surface area (Å²) in [5.74, 6) is 1.02. The molecule has 0 radical (unpaired) electrons. The first kappa shape index (κ1) is 15.3. The standard InChI is InChI=1S/C17H28N2O/c1-5-19-8-6-7-16(19)12-18-11-15-9-13(2)17(20-4)14(3)10-15/h9-10,16,18H,5-8,11-12H2,1-4H3. The first-order valence-electron chi connectivity index (χ1n) is 7.74. The van der Waals surface area contributed by atoms with Gasteiger partial charge < -0.3 is 10.1 Å². The molecule has 0 saturated carbocycles. The van der Waals surface area contributed by atoms with E-state index in [1.807, 2.05) is 0 Å². The number of benzene rings is 1. The number of likely N-dealkylation sites (tertiary alicyclic amines) is 1. The minimum absolute atomic E-state index is 0.723. The molecule has 1 heterocycles. The van der Waals surface area contributed by atoms with Crippen molar-refractivity contribution in [1.82, 2.24) is 10.2 Å². The van der Waals surface area contributed by atoms with Crippen LogP contribution in [0.4, 0.5) is 0 Å². The summed E-state index contributed by atoms with van der Waals surface area (Å²) in [6.07, 6.45) is 2.68. The number of ether oxygens (including phenoxy) is 1. The molecule has 1 aliphatic rings. The monoisotopic (exact) mass is 276 g/mol. The third kappa shape index (κ3) is 3.53. The van der Waals surface area contributed by atoms with Gasteiger partial charge in [-0.2, -0.15) is 0 Å². The van der Waals surface area contributed by atoms with E-state index in [4.69, 9.17) is 4.74 Å².